The van der Waals surface area contributed by atoms with E-state index in [1.165, 1.54) is 12.1 Å². The third-order valence-corrected chi connectivity index (χ3v) is 6.13. The van der Waals surface area contributed by atoms with Crippen LogP contribution in [0.5, 0.6) is 0 Å². The summed E-state index contributed by atoms with van der Waals surface area (Å²) >= 11 is 0. The normalized spacial score (nSPS) is 14.4. The van der Waals surface area contributed by atoms with Crippen molar-refractivity contribution in [2.45, 2.75) is 26.4 Å². The molecule has 1 aliphatic heterocycles. The van der Waals surface area contributed by atoms with Gasteiger partial charge in [0.05, 0.1) is 6.54 Å². The average Bonchev–Trinajstić information content (AvgIpc) is 3.21. The van der Waals surface area contributed by atoms with Gasteiger partial charge in [0.1, 0.15) is 17.7 Å². The van der Waals surface area contributed by atoms with E-state index in [0.717, 1.165) is 16.8 Å². The van der Waals surface area contributed by atoms with Crippen LogP contribution in [0.4, 0.5) is 15.9 Å². The third kappa shape index (κ3) is 3.96. The Kier molecular flexibility index (Phi) is 5.45. The van der Waals surface area contributed by atoms with Gasteiger partial charge in [-0.15, -0.1) is 0 Å². The summed E-state index contributed by atoms with van der Waals surface area (Å²) in [6.45, 7) is 4.22. The molecule has 170 valence electrons. The van der Waals surface area contributed by atoms with Crippen molar-refractivity contribution in [3.05, 3.63) is 112 Å². The van der Waals surface area contributed by atoms with E-state index in [9.17, 15) is 14.0 Å². The first kappa shape index (κ1) is 21.6. The van der Waals surface area contributed by atoms with E-state index in [2.05, 4.69) is 15.6 Å². The number of rotatable bonds is 4. The lowest BCUT2D eigenvalue weighted by atomic mass is 9.97. The van der Waals surface area contributed by atoms with Crippen molar-refractivity contribution in [1.29, 1.82) is 0 Å². The highest BCUT2D eigenvalue weighted by atomic mass is 19.1. The highest BCUT2D eigenvalue weighted by Gasteiger charge is 2.29. The summed E-state index contributed by atoms with van der Waals surface area (Å²) in [5, 5.41) is 6.12. The molecule has 1 atom stereocenters. The molecule has 34 heavy (non-hydrogen) atoms. The fourth-order valence-corrected chi connectivity index (χ4v) is 4.33. The number of halogens is 1. The number of aryl methyl sites for hydroxylation is 2. The molecule has 3 heterocycles. The minimum Gasteiger partial charge on any atom is -0.355 e. The number of hydrogen-bond acceptors (Lipinski definition) is 4. The van der Waals surface area contributed by atoms with Crippen LogP contribution >= 0.6 is 0 Å². The molecule has 0 spiro atoms. The Balaban J connectivity index is 1.42. The lowest BCUT2D eigenvalue weighted by Gasteiger charge is -2.19. The van der Waals surface area contributed by atoms with Crippen LogP contribution in [-0.2, 0) is 6.54 Å². The first-order valence-electron chi connectivity index (χ1n) is 11.0. The van der Waals surface area contributed by atoms with Gasteiger partial charge in [-0.2, -0.15) is 0 Å². The van der Waals surface area contributed by atoms with Crippen LogP contribution < -0.4 is 10.6 Å². The second-order valence-corrected chi connectivity index (χ2v) is 8.46. The second kappa shape index (κ2) is 8.59. The first-order chi connectivity index (χ1) is 16.4. The van der Waals surface area contributed by atoms with Gasteiger partial charge in [0.15, 0.2) is 5.78 Å². The molecule has 2 aromatic carbocycles. The van der Waals surface area contributed by atoms with E-state index in [0.29, 0.717) is 29.2 Å². The Morgan fingerprint density at radius 2 is 1.88 bits per heavy atom. The number of anilines is 2. The Bertz CT molecular complexity index is 1430. The van der Waals surface area contributed by atoms with Gasteiger partial charge in [-0.25, -0.2) is 9.37 Å². The van der Waals surface area contributed by atoms with Gasteiger partial charge in [-0.05, 0) is 73.5 Å². The standard InChI is InChI=1S/C27H23FN4O2/c1-16-7-8-19(28)14-22(16)27(34)30-20-9-10-21(17(2)13-20)25(33)24-23-6-4-12-32(23)15-18-5-3-11-29-26(18)31-24/h3-14,24H,15H2,1-2H3,(H,29,31)(H,30,34). The molecule has 0 saturated heterocycles. The fourth-order valence-electron chi connectivity index (χ4n) is 4.33. The van der Waals surface area contributed by atoms with E-state index >= 15 is 0 Å². The number of benzene rings is 2. The van der Waals surface area contributed by atoms with Crippen LogP contribution in [0.3, 0.4) is 0 Å². The van der Waals surface area contributed by atoms with Crippen LogP contribution in [0.1, 0.15) is 49.1 Å². The van der Waals surface area contributed by atoms with Crippen molar-refractivity contribution in [2.75, 3.05) is 10.6 Å². The number of Topliss-reactive ketones (excluding diaryl/α,β-unsaturated/α-hetero) is 1. The minimum absolute atomic E-state index is 0.0881. The molecule has 0 aliphatic carbocycles. The van der Waals surface area contributed by atoms with Gasteiger partial charge in [-0.3, -0.25) is 9.59 Å². The number of aromatic nitrogens is 2. The molecular formula is C27H23FN4O2. The summed E-state index contributed by atoms with van der Waals surface area (Å²) in [6, 6.07) is 16.4. The maximum Gasteiger partial charge on any atom is 0.256 e. The number of nitrogens with one attached hydrogen (secondary N) is 2. The van der Waals surface area contributed by atoms with Crippen LogP contribution in [0.15, 0.2) is 73.1 Å². The Labute approximate surface area is 196 Å². The fraction of sp³-hybridized carbons (Fsp3) is 0.148. The number of fused-ring (bicyclic) bond motifs is 2. The number of hydrogen-bond donors (Lipinski definition) is 2. The Morgan fingerprint density at radius 1 is 1.03 bits per heavy atom. The SMILES string of the molecule is Cc1ccc(F)cc1C(=O)Nc1ccc(C(=O)C2Nc3ncccc3Cn3cccc32)c(C)c1. The molecule has 1 aliphatic rings. The quantitative estimate of drug-likeness (QED) is 0.411. The molecule has 4 aromatic rings. The van der Waals surface area contributed by atoms with E-state index in [1.807, 2.05) is 42.0 Å². The summed E-state index contributed by atoms with van der Waals surface area (Å²) in [5.74, 6) is -0.266. The maximum atomic E-state index is 13.6. The number of carbonyl (C=O) groups is 2. The summed E-state index contributed by atoms with van der Waals surface area (Å²) in [4.78, 5) is 30.7. The number of nitrogens with zero attached hydrogens (tertiary/aromatic N) is 2. The topological polar surface area (TPSA) is 76.0 Å². The second-order valence-electron chi connectivity index (χ2n) is 8.46. The lowest BCUT2D eigenvalue weighted by Crippen LogP contribution is -2.23. The van der Waals surface area contributed by atoms with E-state index in [4.69, 9.17) is 0 Å². The van der Waals surface area contributed by atoms with Crippen molar-refractivity contribution in [2.24, 2.45) is 0 Å². The highest BCUT2D eigenvalue weighted by molar-refractivity contribution is 6.06. The smallest absolute Gasteiger partial charge is 0.256 e. The van der Waals surface area contributed by atoms with Gasteiger partial charge in [0.25, 0.3) is 5.91 Å². The molecule has 1 amide bonds. The van der Waals surface area contributed by atoms with Gasteiger partial charge >= 0.3 is 0 Å². The van der Waals surface area contributed by atoms with Crippen LogP contribution in [0.25, 0.3) is 0 Å². The van der Waals surface area contributed by atoms with E-state index in [1.54, 1.807) is 37.4 Å². The van der Waals surface area contributed by atoms with Gasteiger partial charge < -0.3 is 15.2 Å². The maximum absolute atomic E-state index is 13.6. The summed E-state index contributed by atoms with van der Waals surface area (Å²) in [7, 11) is 0. The van der Waals surface area contributed by atoms with Crippen LogP contribution in [0, 0.1) is 19.7 Å². The monoisotopic (exact) mass is 454 g/mol. The van der Waals surface area contributed by atoms with Crippen molar-refractivity contribution in [1.82, 2.24) is 9.55 Å². The average molecular weight is 455 g/mol. The lowest BCUT2D eigenvalue weighted by molar-refractivity contribution is 0.0965. The molecule has 2 N–H and O–H groups in total. The Morgan fingerprint density at radius 3 is 2.71 bits per heavy atom. The summed E-state index contributed by atoms with van der Waals surface area (Å²) in [5.41, 5.74) is 4.63. The zero-order chi connectivity index (χ0) is 23.8. The van der Waals surface area contributed by atoms with Gasteiger partial charge in [0, 0.05) is 40.5 Å². The zero-order valence-electron chi connectivity index (χ0n) is 18.8. The van der Waals surface area contributed by atoms with Crippen molar-refractivity contribution >= 4 is 23.2 Å². The summed E-state index contributed by atoms with van der Waals surface area (Å²) in [6.07, 6.45) is 3.66. The zero-order valence-corrected chi connectivity index (χ0v) is 18.8. The summed E-state index contributed by atoms with van der Waals surface area (Å²) < 4.78 is 15.7. The number of ketones is 1. The predicted octanol–water partition coefficient (Wildman–Crippen LogP) is 5.29. The molecule has 7 heteroatoms. The third-order valence-electron chi connectivity index (χ3n) is 6.13. The molecule has 0 saturated carbocycles. The molecule has 6 nitrogen and oxygen atoms in total. The van der Waals surface area contributed by atoms with Crippen molar-refractivity contribution < 1.29 is 14.0 Å². The predicted molar refractivity (Wildman–Crippen MR) is 129 cm³/mol. The largest absolute Gasteiger partial charge is 0.355 e. The van der Waals surface area contributed by atoms with Crippen molar-refractivity contribution in [3.8, 4) is 0 Å². The van der Waals surface area contributed by atoms with Crippen molar-refractivity contribution in [3.63, 3.8) is 0 Å². The molecule has 0 bridgehead atoms. The Hall–Kier alpha value is -4.26. The van der Waals surface area contributed by atoms with Crippen LogP contribution in [0.2, 0.25) is 0 Å². The molecule has 5 rings (SSSR count). The van der Waals surface area contributed by atoms with E-state index in [-0.39, 0.29) is 11.3 Å². The molecule has 0 radical (unpaired) electrons. The first-order valence-corrected chi connectivity index (χ1v) is 11.0. The minimum atomic E-state index is -0.597. The molecular weight excluding hydrogens is 431 g/mol. The number of amides is 1. The van der Waals surface area contributed by atoms with Gasteiger partial charge in [-0.1, -0.05) is 12.1 Å². The molecule has 2 aromatic heterocycles. The number of pyridine rings is 1. The van der Waals surface area contributed by atoms with E-state index < -0.39 is 17.8 Å². The van der Waals surface area contributed by atoms with Crippen LogP contribution in [-0.4, -0.2) is 21.2 Å². The van der Waals surface area contributed by atoms with Gasteiger partial charge in [0.2, 0.25) is 0 Å². The highest BCUT2D eigenvalue weighted by Crippen LogP contribution is 2.31. The number of carbonyl (C=O) groups excluding carboxylic acids is 2. The molecule has 0 fully saturated rings. The molecule has 1 unspecified atom stereocenters.